The molecule has 1 aliphatic heterocycles. The minimum absolute atomic E-state index is 0.173. The van der Waals surface area contributed by atoms with Gasteiger partial charge >= 0.3 is 0 Å². The fourth-order valence-electron chi connectivity index (χ4n) is 2.60. The lowest BCUT2D eigenvalue weighted by Gasteiger charge is -2.02. The van der Waals surface area contributed by atoms with Crippen molar-refractivity contribution in [2.45, 2.75) is 6.92 Å². The monoisotopic (exact) mass is 337 g/mol. The van der Waals surface area contributed by atoms with Crippen LogP contribution < -0.4 is 9.47 Å². The van der Waals surface area contributed by atoms with Crippen LogP contribution in [0.4, 0.5) is 0 Å². The molecule has 118 valence electrons. The molecule has 0 fully saturated rings. The second-order valence-corrected chi connectivity index (χ2v) is 5.91. The molecule has 0 saturated heterocycles. The third-order valence-corrected chi connectivity index (χ3v) is 4.13. The van der Waals surface area contributed by atoms with Gasteiger partial charge in [0.2, 0.25) is 6.79 Å². The van der Waals surface area contributed by atoms with Crippen molar-refractivity contribution in [1.29, 1.82) is 5.26 Å². The number of nitriles is 1. The average molecular weight is 338 g/mol. The number of allylic oxidation sites excluding steroid dienone is 1. The van der Waals surface area contributed by atoms with E-state index in [1.54, 1.807) is 18.2 Å². The van der Waals surface area contributed by atoms with E-state index in [0.29, 0.717) is 33.5 Å². The van der Waals surface area contributed by atoms with Gasteiger partial charge in [0.05, 0.1) is 21.6 Å². The van der Waals surface area contributed by atoms with Crippen LogP contribution in [0.15, 0.2) is 30.3 Å². The van der Waals surface area contributed by atoms with Crippen molar-refractivity contribution in [1.82, 2.24) is 9.97 Å². The van der Waals surface area contributed by atoms with Gasteiger partial charge in [-0.2, -0.15) is 5.26 Å². The zero-order valence-corrected chi connectivity index (χ0v) is 13.5. The van der Waals surface area contributed by atoms with E-state index in [4.69, 9.17) is 21.1 Å². The Morgan fingerprint density at radius 2 is 2.08 bits per heavy atom. The molecule has 0 amide bonds. The molecule has 0 saturated carbocycles. The summed E-state index contributed by atoms with van der Waals surface area (Å²) in [6, 6.07) is 11.5. The summed E-state index contributed by atoms with van der Waals surface area (Å²) < 4.78 is 10.7. The van der Waals surface area contributed by atoms with Gasteiger partial charge in [-0.25, -0.2) is 4.98 Å². The van der Waals surface area contributed by atoms with Crippen LogP contribution in [0.1, 0.15) is 17.0 Å². The molecule has 2 heterocycles. The maximum Gasteiger partial charge on any atom is 0.231 e. The highest BCUT2D eigenvalue weighted by Crippen LogP contribution is 2.38. The zero-order valence-electron chi connectivity index (χ0n) is 12.8. The quantitative estimate of drug-likeness (QED) is 0.707. The highest BCUT2D eigenvalue weighted by Gasteiger charge is 2.17. The number of fused-ring (bicyclic) bond motifs is 2. The molecule has 1 aromatic heterocycles. The average Bonchev–Trinajstić information content (AvgIpc) is 3.17. The van der Waals surface area contributed by atoms with Crippen LogP contribution >= 0.6 is 11.6 Å². The number of imidazole rings is 1. The highest BCUT2D eigenvalue weighted by atomic mass is 35.5. The van der Waals surface area contributed by atoms with Crippen LogP contribution in [-0.4, -0.2) is 16.8 Å². The van der Waals surface area contributed by atoms with Gasteiger partial charge in [0.15, 0.2) is 11.5 Å². The van der Waals surface area contributed by atoms with Gasteiger partial charge in [0.1, 0.15) is 11.9 Å². The Labute approximate surface area is 143 Å². The Bertz CT molecular complexity index is 1030. The molecule has 0 bridgehead atoms. The lowest BCUT2D eigenvalue weighted by Crippen LogP contribution is -1.92. The minimum atomic E-state index is 0.173. The Balaban J connectivity index is 1.80. The summed E-state index contributed by atoms with van der Waals surface area (Å²) >= 11 is 6.28. The number of hydrogen-bond acceptors (Lipinski definition) is 4. The number of rotatable bonds is 2. The first kappa shape index (κ1) is 14.6. The minimum Gasteiger partial charge on any atom is -0.454 e. The van der Waals surface area contributed by atoms with Gasteiger partial charge in [0, 0.05) is 6.07 Å². The van der Waals surface area contributed by atoms with E-state index < -0.39 is 0 Å². The smallest absolute Gasteiger partial charge is 0.231 e. The van der Waals surface area contributed by atoms with Crippen molar-refractivity contribution in [2.24, 2.45) is 0 Å². The number of halogens is 1. The SMILES string of the molecule is Cc1ccc2nc(C(C#N)=Cc3cc4c(cc3Cl)OCO4)[nH]c2c1. The molecular formula is C18H12ClN3O2. The number of benzene rings is 2. The van der Waals surface area contributed by atoms with Crippen molar-refractivity contribution >= 4 is 34.3 Å². The largest absolute Gasteiger partial charge is 0.454 e. The lowest BCUT2D eigenvalue weighted by molar-refractivity contribution is 0.174. The summed E-state index contributed by atoms with van der Waals surface area (Å²) in [5, 5.41) is 10.0. The normalized spacial score (nSPS) is 13.3. The summed E-state index contributed by atoms with van der Waals surface area (Å²) in [7, 11) is 0. The number of nitrogens with zero attached hydrogens (tertiary/aromatic N) is 2. The van der Waals surface area contributed by atoms with Gasteiger partial charge in [0.25, 0.3) is 0 Å². The number of aromatic amines is 1. The van der Waals surface area contributed by atoms with Gasteiger partial charge in [-0.1, -0.05) is 17.7 Å². The van der Waals surface area contributed by atoms with E-state index in [-0.39, 0.29) is 6.79 Å². The van der Waals surface area contributed by atoms with Crippen molar-refractivity contribution in [2.75, 3.05) is 6.79 Å². The van der Waals surface area contributed by atoms with E-state index in [1.165, 1.54) is 0 Å². The molecule has 1 aliphatic rings. The predicted octanol–water partition coefficient (Wildman–Crippen LogP) is 4.32. The highest BCUT2D eigenvalue weighted by molar-refractivity contribution is 6.32. The fraction of sp³-hybridized carbons (Fsp3) is 0.111. The molecule has 0 radical (unpaired) electrons. The van der Waals surface area contributed by atoms with E-state index in [9.17, 15) is 5.26 Å². The second-order valence-electron chi connectivity index (χ2n) is 5.50. The molecule has 3 aromatic rings. The molecule has 6 heteroatoms. The molecule has 0 atom stereocenters. The van der Waals surface area contributed by atoms with Gasteiger partial charge in [-0.05, 0) is 42.3 Å². The van der Waals surface area contributed by atoms with E-state index in [1.807, 2.05) is 25.1 Å². The predicted molar refractivity (Wildman–Crippen MR) is 91.9 cm³/mol. The number of aromatic nitrogens is 2. The standard InChI is InChI=1S/C18H12ClN3O2/c1-10-2-3-14-15(4-10)22-18(21-14)12(8-20)5-11-6-16-17(7-13(11)19)24-9-23-16/h2-7H,9H2,1H3,(H,21,22). The molecule has 0 aliphatic carbocycles. The molecule has 0 spiro atoms. The molecule has 1 N–H and O–H groups in total. The first-order chi connectivity index (χ1) is 11.6. The van der Waals surface area contributed by atoms with Gasteiger partial charge in [-0.3, -0.25) is 0 Å². The van der Waals surface area contributed by atoms with Crippen LogP contribution in [0.3, 0.4) is 0 Å². The van der Waals surface area contributed by atoms with Gasteiger partial charge < -0.3 is 14.5 Å². The number of nitrogens with one attached hydrogen (secondary N) is 1. The molecule has 0 unspecified atom stereocenters. The zero-order chi connectivity index (χ0) is 16.7. The van der Waals surface area contributed by atoms with Crippen molar-refractivity contribution in [3.63, 3.8) is 0 Å². The lowest BCUT2D eigenvalue weighted by atomic mass is 10.1. The number of hydrogen-bond donors (Lipinski definition) is 1. The van der Waals surface area contributed by atoms with Crippen LogP contribution in [0, 0.1) is 18.3 Å². The summed E-state index contributed by atoms with van der Waals surface area (Å²) in [6.45, 7) is 2.18. The number of H-pyrrole nitrogens is 1. The van der Waals surface area contributed by atoms with Crippen molar-refractivity contribution in [3.05, 3.63) is 52.3 Å². The molecule has 4 rings (SSSR count). The van der Waals surface area contributed by atoms with Crippen molar-refractivity contribution < 1.29 is 9.47 Å². The topological polar surface area (TPSA) is 70.9 Å². The Kier molecular flexibility index (Phi) is 3.40. The molecule has 5 nitrogen and oxygen atoms in total. The molecular weight excluding hydrogens is 326 g/mol. The summed E-state index contributed by atoms with van der Waals surface area (Å²) in [5.74, 6) is 1.73. The van der Waals surface area contributed by atoms with Crippen LogP contribution in [0.5, 0.6) is 11.5 Å². The van der Waals surface area contributed by atoms with E-state index in [2.05, 4.69) is 16.0 Å². The first-order valence-electron chi connectivity index (χ1n) is 7.32. The third kappa shape index (κ3) is 2.47. The fourth-order valence-corrected chi connectivity index (χ4v) is 2.81. The Morgan fingerprint density at radius 1 is 1.29 bits per heavy atom. The van der Waals surface area contributed by atoms with Gasteiger partial charge in [-0.15, -0.1) is 0 Å². The molecule has 2 aromatic carbocycles. The van der Waals surface area contributed by atoms with E-state index >= 15 is 0 Å². The summed E-state index contributed by atoms with van der Waals surface area (Å²) in [6.07, 6.45) is 1.69. The van der Waals surface area contributed by atoms with Crippen LogP contribution in [0.25, 0.3) is 22.7 Å². The maximum absolute atomic E-state index is 9.53. The summed E-state index contributed by atoms with van der Waals surface area (Å²) in [4.78, 5) is 7.66. The number of aryl methyl sites for hydroxylation is 1. The summed E-state index contributed by atoms with van der Waals surface area (Å²) in [5.41, 5.74) is 3.90. The van der Waals surface area contributed by atoms with Crippen molar-refractivity contribution in [3.8, 4) is 17.6 Å². The van der Waals surface area contributed by atoms with Crippen LogP contribution in [-0.2, 0) is 0 Å². The maximum atomic E-state index is 9.53. The van der Waals surface area contributed by atoms with E-state index in [0.717, 1.165) is 16.6 Å². The Hall–Kier alpha value is -2.97. The second kappa shape index (κ2) is 5.59. The molecule has 24 heavy (non-hydrogen) atoms. The Morgan fingerprint density at radius 3 is 2.88 bits per heavy atom. The third-order valence-electron chi connectivity index (χ3n) is 3.80. The first-order valence-corrected chi connectivity index (χ1v) is 7.69. The van der Waals surface area contributed by atoms with Crippen LogP contribution in [0.2, 0.25) is 5.02 Å². The number of ether oxygens (including phenoxy) is 2.